The Hall–Kier alpha value is -2.11. The molecule has 1 aromatic carbocycles. The quantitative estimate of drug-likeness (QED) is 0.585. The average molecular weight is 233 g/mol. The molecule has 2 heterocycles. The van der Waals surface area contributed by atoms with Gasteiger partial charge in [0.15, 0.2) is 0 Å². The number of anilines is 1. The van der Waals surface area contributed by atoms with E-state index in [2.05, 4.69) is 5.32 Å². The van der Waals surface area contributed by atoms with Gasteiger partial charge in [-0.05, 0) is 11.6 Å². The first-order valence-electron chi connectivity index (χ1n) is 5.38. The number of likely N-dealkylation sites (tertiary alicyclic amines) is 1. The number of fused-ring (bicyclic) bond motifs is 3. The van der Waals surface area contributed by atoms with Crippen molar-refractivity contribution in [3.63, 3.8) is 0 Å². The number of carbonyl (C=O) groups excluding carboxylic acids is 1. The van der Waals surface area contributed by atoms with Crippen LogP contribution in [0.1, 0.15) is 17.9 Å². The number of likely N-dealkylation sites (N-methyl/N-ethyl adjacent to an activating group) is 1. The highest BCUT2D eigenvalue weighted by molar-refractivity contribution is 5.83. The van der Waals surface area contributed by atoms with Crippen LogP contribution in [-0.4, -0.2) is 28.9 Å². The molecule has 2 unspecified atom stereocenters. The fraction of sp³-hybridized carbons (Fsp3) is 0.364. The average Bonchev–Trinajstić information content (AvgIpc) is 2.77. The fourth-order valence-electron chi connectivity index (χ4n) is 2.61. The normalized spacial score (nSPS) is 25.5. The SMILES string of the molecule is CN1C(=O)CC2c3cc([N+](=O)[O-])ccc3NC21. The van der Waals surface area contributed by atoms with Crippen molar-refractivity contribution in [1.29, 1.82) is 0 Å². The molecule has 0 aromatic heterocycles. The Morgan fingerprint density at radius 1 is 1.53 bits per heavy atom. The van der Waals surface area contributed by atoms with E-state index in [1.807, 2.05) is 0 Å². The predicted octanol–water partition coefficient (Wildman–Crippen LogP) is 1.29. The number of amides is 1. The van der Waals surface area contributed by atoms with Crippen LogP contribution in [0, 0.1) is 10.1 Å². The summed E-state index contributed by atoms with van der Waals surface area (Å²) in [6.45, 7) is 0. The molecule has 1 aromatic rings. The number of nitrogens with one attached hydrogen (secondary N) is 1. The smallest absolute Gasteiger partial charge is 0.269 e. The Morgan fingerprint density at radius 3 is 3.00 bits per heavy atom. The topological polar surface area (TPSA) is 75.5 Å². The molecular weight excluding hydrogens is 222 g/mol. The van der Waals surface area contributed by atoms with Crippen LogP contribution in [0.4, 0.5) is 11.4 Å². The lowest BCUT2D eigenvalue weighted by Gasteiger charge is -2.19. The van der Waals surface area contributed by atoms with E-state index >= 15 is 0 Å². The molecule has 1 saturated heterocycles. The van der Waals surface area contributed by atoms with Gasteiger partial charge in [-0.2, -0.15) is 0 Å². The van der Waals surface area contributed by atoms with E-state index in [1.54, 1.807) is 24.1 Å². The molecule has 3 rings (SSSR count). The zero-order valence-corrected chi connectivity index (χ0v) is 9.21. The van der Waals surface area contributed by atoms with Crippen LogP contribution in [0.25, 0.3) is 0 Å². The summed E-state index contributed by atoms with van der Waals surface area (Å²) in [4.78, 5) is 23.6. The molecule has 6 heteroatoms. The van der Waals surface area contributed by atoms with Gasteiger partial charge in [0.2, 0.25) is 5.91 Å². The van der Waals surface area contributed by atoms with E-state index in [0.717, 1.165) is 11.3 Å². The van der Waals surface area contributed by atoms with Gasteiger partial charge < -0.3 is 10.2 Å². The molecule has 2 aliphatic rings. The minimum Gasteiger partial charge on any atom is -0.364 e. The van der Waals surface area contributed by atoms with E-state index in [1.165, 1.54) is 6.07 Å². The first-order valence-corrected chi connectivity index (χ1v) is 5.38. The lowest BCUT2D eigenvalue weighted by atomic mass is 9.98. The third-order valence-electron chi connectivity index (χ3n) is 3.54. The number of nitro groups is 1. The Labute approximate surface area is 97.4 Å². The predicted molar refractivity (Wildman–Crippen MR) is 60.6 cm³/mol. The van der Waals surface area contributed by atoms with Crippen LogP contribution in [-0.2, 0) is 4.79 Å². The maximum Gasteiger partial charge on any atom is 0.269 e. The van der Waals surface area contributed by atoms with Gasteiger partial charge in [0.25, 0.3) is 5.69 Å². The molecule has 0 radical (unpaired) electrons. The number of benzene rings is 1. The molecule has 2 aliphatic heterocycles. The molecule has 0 aliphatic carbocycles. The largest absolute Gasteiger partial charge is 0.364 e. The molecule has 0 saturated carbocycles. The van der Waals surface area contributed by atoms with Gasteiger partial charge in [-0.15, -0.1) is 0 Å². The van der Waals surface area contributed by atoms with Crippen LogP contribution in [0.5, 0.6) is 0 Å². The van der Waals surface area contributed by atoms with E-state index in [0.29, 0.717) is 6.42 Å². The highest BCUT2D eigenvalue weighted by atomic mass is 16.6. The fourth-order valence-corrected chi connectivity index (χ4v) is 2.61. The van der Waals surface area contributed by atoms with Crippen LogP contribution in [0.2, 0.25) is 0 Å². The maximum atomic E-state index is 11.6. The summed E-state index contributed by atoms with van der Waals surface area (Å²) in [7, 11) is 1.75. The molecule has 17 heavy (non-hydrogen) atoms. The second-order valence-corrected chi connectivity index (χ2v) is 4.43. The van der Waals surface area contributed by atoms with Crippen molar-refractivity contribution in [1.82, 2.24) is 4.90 Å². The highest BCUT2D eigenvalue weighted by Gasteiger charge is 2.44. The second kappa shape index (κ2) is 3.19. The minimum absolute atomic E-state index is 0.0300. The van der Waals surface area contributed by atoms with E-state index < -0.39 is 4.92 Å². The maximum absolute atomic E-state index is 11.6. The number of hydrogen-bond donors (Lipinski definition) is 1. The van der Waals surface area contributed by atoms with E-state index in [9.17, 15) is 14.9 Å². The highest BCUT2D eigenvalue weighted by Crippen LogP contribution is 2.44. The van der Waals surface area contributed by atoms with Gasteiger partial charge in [-0.25, -0.2) is 0 Å². The van der Waals surface area contributed by atoms with Crippen molar-refractivity contribution in [2.75, 3.05) is 12.4 Å². The Morgan fingerprint density at radius 2 is 2.29 bits per heavy atom. The zero-order chi connectivity index (χ0) is 12.2. The van der Waals surface area contributed by atoms with Crippen LogP contribution in [0.3, 0.4) is 0 Å². The van der Waals surface area contributed by atoms with Crippen molar-refractivity contribution in [2.45, 2.75) is 18.5 Å². The lowest BCUT2D eigenvalue weighted by molar-refractivity contribution is -0.384. The molecule has 0 bridgehead atoms. The summed E-state index contributed by atoms with van der Waals surface area (Å²) in [6, 6.07) is 4.76. The summed E-state index contributed by atoms with van der Waals surface area (Å²) < 4.78 is 0. The number of carbonyl (C=O) groups is 1. The molecule has 2 atom stereocenters. The summed E-state index contributed by atoms with van der Waals surface area (Å²) in [5.41, 5.74) is 1.85. The number of nitro benzene ring substituents is 1. The van der Waals surface area contributed by atoms with E-state index in [-0.39, 0.29) is 23.7 Å². The van der Waals surface area contributed by atoms with Crippen molar-refractivity contribution >= 4 is 17.3 Å². The van der Waals surface area contributed by atoms with Gasteiger partial charge in [0, 0.05) is 37.2 Å². The van der Waals surface area contributed by atoms with Crippen molar-refractivity contribution in [3.05, 3.63) is 33.9 Å². The molecule has 6 nitrogen and oxygen atoms in total. The Bertz CT molecular complexity index is 529. The summed E-state index contributed by atoms with van der Waals surface area (Å²) >= 11 is 0. The van der Waals surface area contributed by atoms with Crippen molar-refractivity contribution in [3.8, 4) is 0 Å². The summed E-state index contributed by atoms with van der Waals surface area (Å²) in [6.07, 6.45) is 0.363. The molecule has 1 amide bonds. The van der Waals surface area contributed by atoms with Crippen LogP contribution >= 0.6 is 0 Å². The third kappa shape index (κ3) is 1.30. The lowest BCUT2D eigenvalue weighted by Crippen LogP contribution is -2.34. The van der Waals surface area contributed by atoms with Gasteiger partial charge in [0.1, 0.15) is 6.17 Å². The minimum atomic E-state index is -0.409. The summed E-state index contributed by atoms with van der Waals surface area (Å²) in [5, 5.41) is 14.0. The molecule has 0 spiro atoms. The third-order valence-corrected chi connectivity index (χ3v) is 3.54. The van der Waals surface area contributed by atoms with Gasteiger partial charge in [0.05, 0.1) is 4.92 Å². The number of non-ortho nitro benzene ring substituents is 1. The Kier molecular flexibility index (Phi) is 1.89. The van der Waals surface area contributed by atoms with Crippen LogP contribution in [0.15, 0.2) is 18.2 Å². The summed E-state index contributed by atoms with van der Waals surface area (Å²) in [5.74, 6) is 0.104. The molecule has 1 fully saturated rings. The first-order chi connectivity index (χ1) is 8.08. The van der Waals surface area contributed by atoms with Gasteiger partial charge >= 0.3 is 0 Å². The molecule has 88 valence electrons. The second-order valence-electron chi connectivity index (χ2n) is 4.43. The molecular formula is C11H11N3O3. The number of nitrogens with zero attached hydrogens (tertiary/aromatic N) is 2. The van der Waals surface area contributed by atoms with Crippen molar-refractivity contribution < 1.29 is 9.72 Å². The van der Waals surface area contributed by atoms with Gasteiger partial charge in [-0.1, -0.05) is 0 Å². The first kappa shape index (κ1) is 10.1. The van der Waals surface area contributed by atoms with Crippen LogP contribution < -0.4 is 5.32 Å². The zero-order valence-electron chi connectivity index (χ0n) is 9.21. The number of rotatable bonds is 1. The van der Waals surface area contributed by atoms with Gasteiger partial charge in [-0.3, -0.25) is 14.9 Å². The monoisotopic (exact) mass is 233 g/mol. The van der Waals surface area contributed by atoms with Crippen molar-refractivity contribution in [2.24, 2.45) is 0 Å². The molecule has 1 N–H and O–H groups in total. The standard InChI is InChI=1S/C11H11N3O3/c1-13-10(15)5-8-7-4-6(14(16)17)2-3-9(7)12-11(8)13/h2-4,8,11-12H,5H2,1H3. The van der Waals surface area contributed by atoms with E-state index in [4.69, 9.17) is 0 Å². The Balaban J connectivity index is 2.04. The number of hydrogen-bond acceptors (Lipinski definition) is 4.